The number of pyridine rings is 1. The zero-order valence-electron chi connectivity index (χ0n) is 12.5. The van der Waals surface area contributed by atoms with Crippen LogP contribution in [0.4, 0.5) is 5.82 Å². The average molecular weight is 280 g/mol. The molecule has 108 valence electrons. The molecule has 3 rings (SSSR count). The van der Waals surface area contributed by atoms with E-state index in [2.05, 4.69) is 54.5 Å². The van der Waals surface area contributed by atoms with E-state index in [1.54, 1.807) is 12.5 Å². The normalized spacial score (nSPS) is 11.7. The third-order valence-corrected chi connectivity index (χ3v) is 3.72. The molecule has 0 spiro atoms. The molecule has 1 aromatic carbocycles. The maximum absolute atomic E-state index is 5.42. The van der Waals surface area contributed by atoms with Crippen LogP contribution in [0.3, 0.4) is 0 Å². The second-order valence-electron chi connectivity index (χ2n) is 5.99. The molecule has 3 aromatic rings. The molecule has 0 atom stereocenters. The van der Waals surface area contributed by atoms with Crippen molar-refractivity contribution in [2.24, 2.45) is 0 Å². The van der Waals surface area contributed by atoms with E-state index in [0.717, 1.165) is 29.6 Å². The molecule has 0 amide bonds. The lowest BCUT2D eigenvalue weighted by molar-refractivity contribution is 0.517. The molecule has 0 bridgehead atoms. The molecular formula is C18H20N2O. The van der Waals surface area contributed by atoms with Crippen molar-refractivity contribution < 1.29 is 4.42 Å². The van der Waals surface area contributed by atoms with Crippen molar-refractivity contribution in [3.8, 4) is 0 Å². The zero-order chi connectivity index (χ0) is 14.7. The summed E-state index contributed by atoms with van der Waals surface area (Å²) >= 11 is 0. The van der Waals surface area contributed by atoms with Crippen molar-refractivity contribution in [2.75, 3.05) is 5.32 Å². The first-order valence-electron chi connectivity index (χ1n) is 7.28. The summed E-state index contributed by atoms with van der Waals surface area (Å²) in [4.78, 5) is 4.45. The Morgan fingerprint density at radius 1 is 1.10 bits per heavy atom. The number of benzene rings is 1. The monoisotopic (exact) mass is 280 g/mol. The van der Waals surface area contributed by atoms with E-state index in [-0.39, 0.29) is 5.54 Å². The van der Waals surface area contributed by atoms with Gasteiger partial charge in [0.25, 0.3) is 0 Å². The summed E-state index contributed by atoms with van der Waals surface area (Å²) in [6.07, 6.45) is 5.56. The Hall–Kier alpha value is -2.29. The lowest BCUT2D eigenvalue weighted by Gasteiger charge is -2.27. The number of hydrogen-bond donors (Lipinski definition) is 1. The van der Waals surface area contributed by atoms with E-state index < -0.39 is 0 Å². The number of fused-ring (bicyclic) bond motifs is 1. The van der Waals surface area contributed by atoms with Crippen LogP contribution >= 0.6 is 0 Å². The fourth-order valence-corrected chi connectivity index (χ4v) is 2.48. The quantitative estimate of drug-likeness (QED) is 0.739. The van der Waals surface area contributed by atoms with Gasteiger partial charge >= 0.3 is 0 Å². The second-order valence-corrected chi connectivity index (χ2v) is 5.99. The van der Waals surface area contributed by atoms with Crippen molar-refractivity contribution in [3.05, 3.63) is 60.5 Å². The van der Waals surface area contributed by atoms with Crippen LogP contribution in [0.1, 0.15) is 25.8 Å². The Morgan fingerprint density at radius 2 is 1.90 bits per heavy atom. The van der Waals surface area contributed by atoms with E-state index in [4.69, 9.17) is 4.42 Å². The standard InChI is InChI=1S/C18H20N2O/c1-18(2,11-8-14-6-4-3-5-7-14)20-17-15-10-13-21-16(15)9-12-19-17/h3-7,9-10,12-13H,8,11H2,1-2H3,(H,19,20). The minimum Gasteiger partial charge on any atom is -0.464 e. The maximum Gasteiger partial charge on any atom is 0.139 e. The van der Waals surface area contributed by atoms with Gasteiger partial charge in [-0.05, 0) is 44.4 Å². The van der Waals surface area contributed by atoms with Gasteiger partial charge in [0.1, 0.15) is 11.4 Å². The first kappa shape index (κ1) is 13.7. The summed E-state index contributed by atoms with van der Waals surface area (Å²) in [6.45, 7) is 4.41. The third-order valence-electron chi connectivity index (χ3n) is 3.72. The molecule has 21 heavy (non-hydrogen) atoms. The third kappa shape index (κ3) is 3.24. The number of furan rings is 1. The molecule has 3 nitrogen and oxygen atoms in total. The van der Waals surface area contributed by atoms with Crippen LogP contribution in [-0.4, -0.2) is 10.5 Å². The molecule has 0 aliphatic carbocycles. The lowest BCUT2D eigenvalue weighted by Crippen LogP contribution is -2.31. The number of aromatic nitrogens is 1. The SMILES string of the molecule is CC(C)(CCc1ccccc1)Nc1nccc2occc12. The molecule has 0 aliphatic rings. The highest BCUT2D eigenvalue weighted by Crippen LogP contribution is 2.26. The Balaban J connectivity index is 1.72. The molecule has 0 aliphatic heterocycles. The molecule has 1 N–H and O–H groups in total. The van der Waals surface area contributed by atoms with E-state index >= 15 is 0 Å². The molecule has 0 saturated heterocycles. The summed E-state index contributed by atoms with van der Waals surface area (Å²) in [5.41, 5.74) is 2.20. The number of hydrogen-bond acceptors (Lipinski definition) is 3. The Bertz CT molecular complexity index is 716. The Labute approximate surface area is 125 Å². The van der Waals surface area contributed by atoms with Gasteiger partial charge in [-0.3, -0.25) is 0 Å². The number of nitrogens with one attached hydrogen (secondary N) is 1. The van der Waals surface area contributed by atoms with Crippen LogP contribution < -0.4 is 5.32 Å². The van der Waals surface area contributed by atoms with Gasteiger partial charge in [-0.2, -0.15) is 0 Å². The maximum atomic E-state index is 5.42. The van der Waals surface area contributed by atoms with E-state index in [1.165, 1.54) is 5.56 Å². The molecule has 2 aromatic heterocycles. The first-order chi connectivity index (χ1) is 10.1. The lowest BCUT2D eigenvalue weighted by atomic mass is 9.95. The van der Waals surface area contributed by atoms with Crippen molar-refractivity contribution in [2.45, 2.75) is 32.2 Å². The second kappa shape index (κ2) is 5.60. The highest BCUT2D eigenvalue weighted by molar-refractivity contribution is 5.88. The highest BCUT2D eigenvalue weighted by atomic mass is 16.3. The van der Waals surface area contributed by atoms with Gasteiger partial charge in [0.15, 0.2) is 0 Å². The largest absolute Gasteiger partial charge is 0.464 e. The Morgan fingerprint density at radius 3 is 2.71 bits per heavy atom. The van der Waals surface area contributed by atoms with Crippen LogP contribution in [-0.2, 0) is 6.42 Å². The molecule has 0 unspecified atom stereocenters. The fourth-order valence-electron chi connectivity index (χ4n) is 2.48. The van der Waals surface area contributed by atoms with Gasteiger partial charge in [0.05, 0.1) is 11.6 Å². The summed E-state index contributed by atoms with van der Waals surface area (Å²) < 4.78 is 5.42. The zero-order valence-corrected chi connectivity index (χ0v) is 12.5. The molecule has 0 saturated carbocycles. The topological polar surface area (TPSA) is 38.1 Å². The first-order valence-corrected chi connectivity index (χ1v) is 7.28. The minimum absolute atomic E-state index is 0.0333. The molecular weight excluding hydrogens is 260 g/mol. The van der Waals surface area contributed by atoms with Crippen molar-refractivity contribution in [1.29, 1.82) is 0 Å². The number of aryl methyl sites for hydroxylation is 1. The predicted octanol–water partition coefficient (Wildman–Crippen LogP) is 4.65. The summed E-state index contributed by atoms with van der Waals surface area (Å²) in [5, 5.41) is 4.58. The van der Waals surface area contributed by atoms with Gasteiger partial charge < -0.3 is 9.73 Å². The van der Waals surface area contributed by atoms with Gasteiger partial charge in [-0.1, -0.05) is 30.3 Å². The smallest absolute Gasteiger partial charge is 0.139 e. The van der Waals surface area contributed by atoms with Gasteiger partial charge in [0, 0.05) is 11.7 Å². The average Bonchev–Trinajstić information content (AvgIpc) is 2.96. The summed E-state index contributed by atoms with van der Waals surface area (Å²) in [7, 11) is 0. The molecule has 3 heteroatoms. The van der Waals surface area contributed by atoms with Gasteiger partial charge in [0.2, 0.25) is 0 Å². The molecule has 0 radical (unpaired) electrons. The number of anilines is 1. The number of rotatable bonds is 5. The number of nitrogens with zero attached hydrogens (tertiary/aromatic N) is 1. The Kier molecular flexibility index (Phi) is 3.65. The van der Waals surface area contributed by atoms with Crippen LogP contribution in [0.2, 0.25) is 0 Å². The summed E-state index contributed by atoms with van der Waals surface area (Å²) in [6, 6.07) is 14.4. The van der Waals surface area contributed by atoms with E-state index in [9.17, 15) is 0 Å². The van der Waals surface area contributed by atoms with Crippen LogP contribution in [0.15, 0.2) is 59.3 Å². The van der Waals surface area contributed by atoms with Gasteiger partial charge in [-0.25, -0.2) is 4.98 Å². The molecule has 2 heterocycles. The molecule has 0 fully saturated rings. The highest BCUT2D eigenvalue weighted by Gasteiger charge is 2.19. The van der Waals surface area contributed by atoms with Crippen LogP contribution in [0.5, 0.6) is 0 Å². The summed E-state index contributed by atoms with van der Waals surface area (Å²) in [5.74, 6) is 0.888. The predicted molar refractivity (Wildman–Crippen MR) is 86.5 cm³/mol. The fraction of sp³-hybridized carbons (Fsp3) is 0.278. The van der Waals surface area contributed by atoms with Crippen molar-refractivity contribution >= 4 is 16.8 Å². The van der Waals surface area contributed by atoms with E-state index in [0.29, 0.717) is 0 Å². The minimum atomic E-state index is -0.0333. The van der Waals surface area contributed by atoms with Crippen LogP contribution in [0, 0.1) is 0 Å². The van der Waals surface area contributed by atoms with E-state index in [1.807, 2.05) is 12.1 Å². The van der Waals surface area contributed by atoms with Gasteiger partial charge in [-0.15, -0.1) is 0 Å². The van der Waals surface area contributed by atoms with Crippen LogP contribution in [0.25, 0.3) is 11.0 Å². The van der Waals surface area contributed by atoms with Crippen molar-refractivity contribution in [1.82, 2.24) is 4.98 Å². The van der Waals surface area contributed by atoms with Crippen molar-refractivity contribution in [3.63, 3.8) is 0 Å².